The Bertz CT molecular complexity index is 688. The second-order valence-corrected chi connectivity index (χ2v) is 7.97. The van der Waals surface area contributed by atoms with Crippen LogP contribution >= 0.6 is 7.82 Å². The van der Waals surface area contributed by atoms with Crippen molar-refractivity contribution >= 4 is 31.6 Å². The predicted octanol–water partition coefficient (Wildman–Crippen LogP) is -0.335. The number of rotatable bonds is 17. The third-order valence-corrected chi connectivity index (χ3v) is 4.78. The van der Waals surface area contributed by atoms with Gasteiger partial charge < -0.3 is 25.4 Å². The predicted molar refractivity (Wildman–Crippen MR) is 112 cm³/mol. The maximum absolute atomic E-state index is 12.7. The van der Waals surface area contributed by atoms with Gasteiger partial charge >= 0.3 is 19.8 Å². The normalized spacial score (nSPS) is 14.4. The molecule has 32 heavy (non-hydrogen) atoms. The second kappa shape index (κ2) is 16.3. The third kappa shape index (κ3) is 14.7. The molecule has 13 nitrogen and oxygen atoms in total. The Hall–Kier alpha value is -2.31. The molecule has 0 spiro atoms. The zero-order valence-electron chi connectivity index (χ0n) is 18.7. The maximum atomic E-state index is 12.7. The number of ether oxygens (including phenoxy) is 2. The summed E-state index contributed by atoms with van der Waals surface area (Å²) in [6.07, 6.45) is 0.388. The Morgan fingerprint density at radius 2 is 1.72 bits per heavy atom. The fraction of sp³-hybridized carbons (Fsp3) is 0.667. The fourth-order valence-electron chi connectivity index (χ4n) is 2.03. The molecule has 184 valence electrons. The van der Waals surface area contributed by atoms with E-state index in [-0.39, 0.29) is 26.4 Å². The second-order valence-electron chi connectivity index (χ2n) is 6.30. The Labute approximate surface area is 187 Å². The van der Waals surface area contributed by atoms with Gasteiger partial charge in [-0.25, -0.2) is 4.57 Å². The monoisotopic (exact) mass is 481 g/mol. The van der Waals surface area contributed by atoms with Crippen LogP contribution in [0.2, 0.25) is 0 Å². The van der Waals surface area contributed by atoms with E-state index in [1.165, 1.54) is 19.9 Å². The average Bonchev–Trinajstić information content (AvgIpc) is 2.71. The molecule has 0 bridgehead atoms. The van der Waals surface area contributed by atoms with Crippen LogP contribution in [0.15, 0.2) is 12.7 Å². The molecule has 0 aromatic rings. The molecule has 0 rings (SSSR count). The van der Waals surface area contributed by atoms with Crippen molar-refractivity contribution < 1.29 is 46.8 Å². The zero-order valence-corrected chi connectivity index (χ0v) is 19.6. The molecule has 2 amide bonds. The van der Waals surface area contributed by atoms with Crippen molar-refractivity contribution in [2.75, 3.05) is 46.6 Å². The third-order valence-electron chi connectivity index (χ3n) is 3.35. The molecule has 14 heteroatoms. The zero-order chi connectivity index (χ0) is 24.6. The van der Waals surface area contributed by atoms with E-state index in [9.17, 15) is 23.7 Å². The SMILES string of the molecule is C=CCOP(=O)(OCCNC)OC[C@@H](NC(C)=O)C(=O)NC[C@@H](COC(C)=O)OC(C)=O. The molecular weight excluding hydrogens is 449 g/mol. The number of esters is 2. The van der Waals surface area contributed by atoms with Crippen LogP contribution in [0.25, 0.3) is 0 Å². The van der Waals surface area contributed by atoms with Crippen LogP contribution in [0.3, 0.4) is 0 Å². The van der Waals surface area contributed by atoms with Crippen LogP contribution in [0.5, 0.6) is 0 Å². The van der Waals surface area contributed by atoms with Crippen molar-refractivity contribution in [1.82, 2.24) is 16.0 Å². The first-order chi connectivity index (χ1) is 15.0. The van der Waals surface area contributed by atoms with Crippen molar-refractivity contribution in [3.05, 3.63) is 12.7 Å². The van der Waals surface area contributed by atoms with E-state index in [0.29, 0.717) is 6.54 Å². The van der Waals surface area contributed by atoms with Crippen LogP contribution in [0.1, 0.15) is 20.8 Å². The molecule has 0 aromatic heterocycles. The molecule has 0 aromatic carbocycles. The minimum atomic E-state index is -4.05. The molecule has 3 atom stereocenters. The topological polar surface area (TPSA) is 168 Å². The summed E-state index contributed by atoms with van der Waals surface area (Å²) in [6, 6.07) is -1.27. The van der Waals surface area contributed by atoms with Gasteiger partial charge in [-0.3, -0.25) is 32.7 Å². The molecule has 0 aliphatic rings. The standard InChI is InChI=1S/C18H32N3O10P/c1-6-8-28-32(26,29-9-7-19-5)30-12-17(21-13(2)22)18(25)20-10-16(31-15(4)24)11-27-14(3)23/h6,16-17,19H,1,7-12H2,2-5H3,(H,20,25)(H,21,22)/t16-,17+,32?/m0/s1. The van der Waals surface area contributed by atoms with Crippen molar-refractivity contribution in [3.8, 4) is 0 Å². The molecular formula is C18H32N3O10P. The summed E-state index contributed by atoms with van der Waals surface area (Å²) in [5.41, 5.74) is 0. The summed E-state index contributed by atoms with van der Waals surface area (Å²) in [5.74, 6) is -2.52. The number of phosphoric ester groups is 1. The van der Waals surface area contributed by atoms with Crippen LogP contribution < -0.4 is 16.0 Å². The summed E-state index contributed by atoms with van der Waals surface area (Å²) in [4.78, 5) is 46.2. The number of hydrogen-bond donors (Lipinski definition) is 3. The summed E-state index contributed by atoms with van der Waals surface area (Å²) in [7, 11) is -2.38. The van der Waals surface area contributed by atoms with Crippen LogP contribution in [0.4, 0.5) is 0 Å². The van der Waals surface area contributed by atoms with Crippen molar-refractivity contribution in [2.45, 2.75) is 32.9 Å². The van der Waals surface area contributed by atoms with Crippen molar-refractivity contribution in [3.63, 3.8) is 0 Å². The highest BCUT2D eigenvalue weighted by Gasteiger charge is 2.30. The lowest BCUT2D eigenvalue weighted by atomic mass is 10.2. The first kappa shape index (κ1) is 29.7. The Kier molecular flexibility index (Phi) is 15.2. The molecule has 0 fully saturated rings. The lowest BCUT2D eigenvalue weighted by Gasteiger charge is -2.23. The van der Waals surface area contributed by atoms with Gasteiger partial charge in [0.25, 0.3) is 0 Å². The summed E-state index contributed by atoms with van der Waals surface area (Å²) in [5, 5.41) is 7.60. The van der Waals surface area contributed by atoms with E-state index in [0.717, 1.165) is 6.92 Å². The average molecular weight is 481 g/mol. The first-order valence-corrected chi connectivity index (χ1v) is 11.1. The van der Waals surface area contributed by atoms with Gasteiger partial charge in [-0.2, -0.15) is 0 Å². The molecule has 3 N–H and O–H groups in total. The van der Waals surface area contributed by atoms with Crippen LogP contribution in [0, 0.1) is 0 Å². The smallest absolute Gasteiger partial charge is 0.462 e. The van der Waals surface area contributed by atoms with Crippen LogP contribution in [-0.2, 0) is 46.8 Å². The quantitative estimate of drug-likeness (QED) is 0.108. The number of hydrogen-bond acceptors (Lipinski definition) is 11. The van der Waals surface area contributed by atoms with Crippen LogP contribution in [-0.4, -0.2) is 82.5 Å². The highest BCUT2D eigenvalue weighted by Crippen LogP contribution is 2.49. The Balaban J connectivity index is 5.10. The van der Waals surface area contributed by atoms with E-state index < -0.39 is 50.3 Å². The van der Waals surface area contributed by atoms with Gasteiger partial charge in [-0.15, -0.1) is 6.58 Å². The minimum Gasteiger partial charge on any atom is -0.462 e. The van der Waals surface area contributed by atoms with E-state index in [1.54, 1.807) is 7.05 Å². The van der Waals surface area contributed by atoms with E-state index in [4.69, 9.17) is 23.0 Å². The van der Waals surface area contributed by atoms with Gasteiger partial charge in [0.05, 0.1) is 26.4 Å². The lowest BCUT2D eigenvalue weighted by Crippen LogP contribution is -2.50. The van der Waals surface area contributed by atoms with Gasteiger partial charge in [0.15, 0.2) is 6.10 Å². The highest BCUT2D eigenvalue weighted by molar-refractivity contribution is 7.48. The molecule has 0 heterocycles. The summed E-state index contributed by atoms with van der Waals surface area (Å²) in [6.45, 7) is 6.17. The van der Waals surface area contributed by atoms with Crippen molar-refractivity contribution in [2.24, 2.45) is 0 Å². The van der Waals surface area contributed by atoms with Gasteiger partial charge in [-0.05, 0) is 7.05 Å². The van der Waals surface area contributed by atoms with Crippen molar-refractivity contribution in [1.29, 1.82) is 0 Å². The largest absolute Gasteiger partial charge is 0.475 e. The molecule has 0 aliphatic heterocycles. The van der Waals surface area contributed by atoms with E-state index in [2.05, 4.69) is 22.5 Å². The van der Waals surface area contributed by atoms with Gasteiger partial charge in [0.2, 0.25) is 11.8 Å². The fourth-order valence-corrected chi connectivity index (χ4v) is 3.18. The van der Waals surface area contributed by atoms with E-state index in [1.807, 2.05) is 0 Å². The minimum absolute atomic E-state index is 0.00212. The van der Waals surface area contributed by atoms with E-state index >= 15 is 0 Å². The summed E-state index contributed by atoms with van der Waals surface area (Å²) >= 11 is 0. The Morgan fingerprint density at radius 3 is 2.25 bits per heavy atom. The lowest BCUT2D eigenvalue weighted by molar-refractivity contribution is -0.156. The molecule has 0 aliphatic carbocycles. The number of carbonyl (C=O) groups is 4. The number of nitrogens with one attached hydrogen (secondary N) is 3. The number of likely N-dealkylation sites (N-methyl/N-ethyl adjacent to an activating group) is 1. The number of amides is 2. The molecule has 1 unspecified atom stereocenters. The summed E-state index contributed by atoms with van der Waals surface area (Å²) < 4.78 is 37.9. The Morgan fingerprint density at radius 1 is 1.03 bits per heavy atom. The molecule has 0 radical (unpaired) electrons. The highest BCUT2D eigenvalue weighted by atomic mass is 31.2. The molecule has 0 saturated carbocycles. The number of phosphoric acid groups is 1. The first-order valence-electron chi connectivity index (χ1n) is 9.67. The van der Waals surface area contributed by atoms with Gasteiger partial charge in [-0.1, -0.05) is 6.08 Å². The number of carbonyl (C=O) groups excluding carboxylic acids is 4. The van der Waals surface area contributed by atoms with Gasteiger partial charge in [0.1, 0.15) is 12.6 Å². The van der Waals surface area contributed by atoms with Gasteiger partial charge in [0, 0.05) is 27.3 Å². The molecule has 0 saturated heterocycles. The maximum Gasteiger partial charge on any atom is 0.475 e.